The molecule has 6 nitrogen and oxygen atoms in total. The maximum Gasteiger partial charge on any atom is 0.312 e. The largest absolute Gasteiger partial charge is 0.485 e. The van der Waals surface area contributed by atoms with Gasteiger partial charge in [0.05, 0.1) is 16.6 Å². The van der Waals surface area contributed by atoms with E-state index in [1.807, 2.05) is 19.9 Å². The van der Waals surface area contributed by atoms with Gasteiger partial charge in [0.15, 0.2) is 5.75 Å². The highest BCUT2D eigenvalue weighted by atomic mass is 16.6. The number of rotatable bonds is 5. The van der Waals surface area contributed by atoms with Gasteiger partial charge in [-0.3, -0.25) is 10.1 Å². The van der Waals surface area contributed by atoms with Gasteiger partial charge in [0.2, 0.25) is 0 Å². The highest BCUT2D eigenvalue weighted by Gasteiger charge is 2.21. The van der Waals surface area contributed by atoms with E-state index in [-0.39, 0.29) is 23.6 Å². The fraction of sp³-hybridized carbons (Fsp3) is 0.417. The third-order valence-corrected chi connectivity index (χ3v) is 2.65. The molecule has 0 amide bonds. The van der Waals surface area contributed by atoms with E-state index >= 15 is 0 Å². The third-order valence-electron chi connectivity index (χ3n) is 2.65. The van der Waals surface area contributed by atoms with Crippen molar-refractivity contribution in [3.63, 3.8) is 0 Å². The summed E-state index contributed by atoms with van der Waals surface area (Å²) >= 11 is 0. The lowest BCUT2D eigenvalue weighted by Gasteiger charge is -2.22. The lowest BCUT2D eigenvalue weighted by molar-refractivity contribution is -0.385. The van der Waals surface area contributed by atoms with E-state index in [1.165, 1.54) is 18.2 Å². The van der Waals surface area contributed by atoms with Gasteiger partial charge in [-0.2, -0.15) is 5.26 Å². The Morgan fingerprint density at radius 1 is 1.61 bits per heavy atom. The van der Waals surface area contributed by atoms with Gasteiger partial charge < -0.3 is 10.5 Å². The number of benzene rings is 1. The van der Waals surface area contributed by atoms with E-state index in [4.69, 9.17) is 15.7 Å². The lowest BCUT2D eigenvalue weighted by Crippen LogP contribution is -2.41. The van der Waals surface area contributed by atoms with Crippen molar-refractivity contribution >= 4 is 5.69 Å². The number of ether oxygens (including phenoxy) is 1. The monoisotopic (exact) mass is 249 g/mol. The molecule has 0 heterocycles. The van der Waals surface area contributed by atoms with Crippen LogP contribution in [0.5, 0.6) is 5.75 Å². The Morgan fingerprint density at radius 2 is 2.28 bits per heavy atom. The predicted octanol–water partition coefficient (Wildman–Crippen LogP) is 1.97. The molecular weight excluding hydrogens is 234 g/mol. The van der Waals surface area contributed by atoms with Crippen LogP contribution in [-0.2, 0) is 0 Å². The fourth-order valence-corrected chi connectivity index (χ4v) is 1.20. The summed E-state index contributed by atoms with van der Waals surface area (Å²) in [5.74, 6) is 0.129. The summed E-state index contributed by atoms with van der Waals surface area (Å²) in [6.45, 7) is 3.90. The molecule has 18 heavy (non-hydrogen) atoms. The second-order valence-electron chi connectivity index (χ2n) is 4.35. The first kappa shape index (κ1) is 13.9. The van der Waals surface area contributed by atoms with Gasteiger partial charge in [-0.15, -0.1) is 0 Å². The number of hydrogen-bond donors (Lipinski definition) is 1. The summed E-state index contributed by atoms with van der Waals surface area (Å²) in [5, 5.41) is 19.6. The molecular formula is C12H15N3O3. The smallest absolute Gasteiger partial charge is 0.312 e. The SMILES string of the molecule is CCC(C)(N)COc1ccc(C#N)cc1[N+](=O)[O-]. The zero-order chi connectivity index (χ0) is 13.8. The van der Waals surface area contributed by atoms with Gasteiger partial charge in [0.25, 0.3) is 0 Å². The summed E-state index contributed by atoms with van der Waals surface area (Å²) < 4.78 is 5.38. The molecule has 96 valence electrons. The molecule has 0 spiro atoms. The molecule has 0 aromatic heterocycles. The van der Waals surface area contributed by atoms with Gasteiger partial charge in [0.1, 0.15) is 6.61 Å². The van der Waals surface area contributed by atoms with Crippen LogP contribution in [0.1, 0.15) is 25.8 Å². The Kier molecular flexibility index (Phi) is 4.23. The molecule has 0 fully saturated rings. The Labute approximate surface area is 105 Å². The van der Waals surface area contributed by atoms with Crippen LogP contribution in [0, 0.1) is 21.4 Å². The Balaban J connectivity index is 2.96. The van der Waals surface area contributed by atoms with E-state index in [0.29, 0.717) is 6.42 Å². The predicted molar refractivity (Wildman–Crippen MR) is 66.2 cm³/mol. The lowest BCUT2D eigenvalue weighted by atomic mass is 10.0. The van der Waals surface area contributed by atoms with Gasteiger partial charge in [-0.05, 0) is 25.5 Å². The standard InChI is InChI=1S/C12H15N3O3/c1-3-12(2,14)8-18-11-5-4-9(7-13)6-10(11)15(16)17/h4-6H,3,8,14H2,1-2H3. The molecule has 0 radical (unpaired) electrons. The van der Waals surface area contributed by atoms with Gasteiger partial charge in [-0.25, -0.2) is 0 Å². The number of nitro benzene ring substituents is 1. The summed E-state index contributed by atoms with van der Waals surface area (Å²) in [6, 6.07) is 5.93. The van der Waals surface area contributed by atoms with E-state index in [1.54, 1.807) is 0 Å². The summed E-state index contributed by atoms with van der Waals surface area (Å²) in [5.41, 5.74) is 5.36. The minimum absolute atomic E-state index is 0.129. The van der Waals surface area contributed by atoms with Crippen molar-refractivity contribution in [3.05, 3.63) is 33.9 Å². The first-order chi connectivity index (χ1) is 8.39. The van der Waals surface area contributed by atoms with Crippen molar-refractivity contribution in [1.29, 1.82) is 5.26 Å². The summed E-state index contributed by atoms with van der Waals surface area (Å²) in [6.07, 6.45) is 0.692. The molecule has 1 rings (SSSR count). The van der Waals surface area contributed by atoms with Crippen LogP contribution in [0.2, 0.25) is 0 Å². The van der Waals surface area contributed by atoms with Crippen molar-refractivity contribution in [2.75, 3.05) is 6.61 Å². The van der Waals surface area contributed by atoms with E-state index in [9.17, 15) is 10.1 Å². The second kappa shape index (κ2) is 5.47. The number of nitro groups is 1. The molecule has 0 saturated carbocycles. The zero-order valence-electron chi connectivity index (χ0n) is 10.3. The molecule has 1 aromatic carbocycles. The first-order valence-electron chi connectivity index (χ1n) is 5.50. The Bertz CT molecular complexity index is 492. The van der Waals surface area contributed by atoms with Crippen LogP contribution in [0.25, 0.3) is 0 Å². The Hall–Kier alpha value is -2.13. The molecule has 1 atom stereocenters. The summed E-state index contributed by atoms with van der Waals surface area (Å²) in [7, 11) is 0. The molecule has 0 aliphatic carbocycles. The van der Waals surface area contributed by atoms with E-state index in [0.717, 1.165) is 0 Å². The minimum atomic E-state index is -0.573. The van der Waals surface area contributed by atoms with Gasteiger partial charge >= 0.3 is 5.69 Å². The molecule has 0 saturated heterocycles. The quantitative estimate of drug-likeness (QED) is 0.634. The van der Waals surface area contributed by atoms with Crippen LogP contribution >= 0.6 is 0 Å². The molecule has 6 heteroatoms. The van der Waals surface area contributed by atoms with E-state index in [2.05, 4.69) is 0 Å². The Morgan fingerprint density at radius 3 is 2.78 bits per heavy atom. The average Bonchev–Trinajstić information content (AvgIpc) is 2.36. The number of nitrogens with zero attached hydrogens (tertiary/aromatic N) is 2. The van der Waals surface area contributed by atoms with Crippen molar-refractivity contribution in [2.45, 2.75) is 25.8 Å². The second-order valence-corrected chi connectivity index (χ2v) is 4.35. The number of nitrogens with two attached hydrogens (primary N) is 1. The highest BCUT2D eigenvalue weighted by Crippen LogP contribution is 2.28. The first-order valence-corrected chi connectivity index (χ1v) is 5.50. The molecule has 0 aliphatic heterocycles. The molecule has 0 bridgehead atoms. The fourth-order valence-electron chi connectivity index (χ4n) is 1.20. The van der Waals surface area contributed by atoms with Crippen LogP contribution in [-0.4, -0.2) is 17.1 Å². The number of hydrogen-bond acceptors (Lipinski definition) is 5. The maximum absolute atomic E-state index is 10.9. The van der Waals surface area contributed by atoms with Crippen molar-refractivity contribution in [1.82, 2.24) is 0 Å². The van der Waals surface area contributed by atoms with Crippen molar-refractivity contribution in [2.24, 2.45) is 5.73 Å². The molecule has 2 N–H and O–H groups in total. The van der Waals surface area contributed by atoms with Crippen molar-refractivity contribution in [3.8, 4) is 11.8 Å². The van der Waals surface area contributed by atoms with Crippen LogP contribution in [0.3, 0.4) is 0 Å². The number of nitriles is 1. The zero-order valence-corrected chi connectivity index (χ0v) is 10.3. The van der Waals surface area contributed by atoms with Crippen molar-refractivity contribution < 1.29 is 9.66 Å². The average molecular weight is 249 g/mol. The molecule has 1 aromatic rings. The minimum Gasteiger partial charge on any atom is -0.485 e. The van der Waals surface area contributed by atoms with Crippen LogP contribution < -0.4 is 10.5 Å². The van der Waals surface area contributed by atoms with Crippen LogP contribution in [0.15, 0.2) is 18.2 Å². The molecule has 0 aliphatic rings. The van der Waals surface area contributed by atoms with Crippen LogP contribution in [0.4, 0.5) is 5.69 Å². The summed E-state index contributed by atoms with van der Waals surface area (Å²) in [4.78, 5) is 10.3. The van der Waals surface area contributed by atoms with E-state index < -0.39 is 10.5 Å². The highest BCUT2D eigenvalue weighted by molar-refractivity contribution is 5.51. The van der Waals surface area contributed by atoms with Gasteiger partial charge in [0, 0.05) is 11.6 Å². The van der Waals surface area contributed by atoms with Gasteiger partial charge in [-0.1, -0.05) is 6.92 Å². The third kappa shape index (κ3) is 3.43. The molecule has 1 unspecified atom stereocenters. The normalized spacial score (nSPS) is 13.4. The topological polar surface area (TPSA) is 102 Å². The maximum atomic E-state index is 10.9.